The van der Waals surface area contributed by atoms with Gasteiger partial charge in [0.1, 0.15) is 0 Å². The average molecular weight is 379 g/mol. The predicted molar refractivity (Wildman–Crippen MR) is 93.1 cm³/mol. The number of amides is 1. The molecule has 1 aliphatic heterocycles. The molecule has 2 aromatic rings. The predicted octanol–water partition coefficient (Wildman–Crippen LogP) is 5.18. The number of halogens is 1. The molecule has 20 heavy (non-hydrogen) atoms. The van der Waals surface area contributed by atoms with Crippen LogP contribution in [0.2, 0.25) is 0 Å². The van der Waals surface area contributed by atoms with Gasteiger partial charge in [0.15, 0.2) is 0 Å². The summed E-state index contributed by atoms with van der Waals surface area (Å²) in [5, 5.41) is 0. The summed E-state index contributed by atoms with van der Waals surface area (Å²) in [6, 6.07) is 16.2. The van der Waals surface area contributed by atoms with Gasteiger partial charge in [-0.15, -0.1) is 0 Å². The van der Waals surface area contributed by atoms with Gasteiger partial charge in [0.05, 0.1) is 34.5 Å². The third kappa shape index (κ3) is 2.46. The van der Waals surface area contributed by atoms with Crippen molar-refractivity contribution in [2.24, 2.45) is 0 Å². The monoisotopic (exact) mass is 379 g/mol. The third-order valence-electron chi connectivity index (χ3n) is 3.40. The molecule has 3 rings (SSSR count). The highest BCUT2D eigenvalue weighted by Gasteiger charge is 2.29. The van der Waals surface area contributed by atoms with E-state index in [2.05, 4.69) is 35.0 Å². The Balaban J connectivity index is 0.000000704. The van der Waals surface area contributed by atoms with E-state index in [1.54, 1.807) is 3.11 Å². The number of hydrogen-bond acceptors (Lipinski definition) is 1. The van der Waals surface area contributed by atoms with Crippen molar-refractivity contribution >= 4 is 34.5 Å². The minimum atomic E-state index is -0.106. The molecular weight excluding hydrogens is 361 g/mol. The zero-order chi connectivity index (χ0) is 14.7. The third-order valence-corrected chi connectivity index (χ3v) is 4.39. The molecular formula is C17H18INO. The first-order valence-corrected chi connectivity index (χ1v) is 7.84. The smallest absolute Gasteiger partial charge is 0.243 e. The number of benzene rings is 2. The van der Waals surface area contributed by atoms with E-state index in [1.165, 1.54) is 0 Å². The maximum atomic E-state index is 12.4. The second kappa shape index (κ2) is 6.39. The molecule has 0 aliphatic carbocycles. The Morgan fingerprint density at radius 1 is 0.950 bits per heavy atom. The minimum Gasteiger partial charge on any atom is -0.273 e. The molecule has 0 saturated heterocycles. The first-order valence-electron chi connectivity index (χ1n) is 6.88. The van der Waals surface area contributed by atoms with Gasteiger partial charge in [0.2, 0.25) is 5.91 Å². The number of para-hydroxylation sites is 1. The lowest BCUT2D eigenvalue weighted by atomic mass is 9.92. The molecule has 0 N–H and O–H groups in total. The summed E-state index contributed by atoms with van der Waals surface area (Å²) in [6.07, 6.45) is 0. The van der Waals surface area contributed by atoms with E-state index < -0.39 is 0 Å². The van der Waals surface area contributed by atoms with Crippen molar-refractivity contribution in [1.29, 1.82) is 0 Å². The highest BCUT2D eigenvalue weighted by molar-refractivity contribution is 14.1. The van der Waals surface area contributed by atoms with Gasteiger partial charge in [-0.1, -0.05) is 56.3 Å². The standard InChI is InChI=1S/C15H12INO.C2H6/c1-10-11-6-2-3-7-12(11)13-8-4-5-9-14(13)17(16)15(10)18;1-2/h2-10H,1H3;1-2H3. The van der Waals surface area contributed by atoms with Crippen LogP contribution in [0.25, 0.3) is 11.1 Å². The molecule has 0 fully saturated rings. The SMILES string of the molecule is CC.CC1C(=O)N(I)c2ccccc2-c2ccccc21. The topological polar surface area (TPSA) is 20.3 Å². The molecule has 2 nitrogen and oxygen atoms in total. The highest BCUT2D eigenvalue weighted by atomic mass is 127. The van der Waals surface area contributed by atoms with E-state index >= 15 is 0 Å². The average Bonchev–Trinajstić information content (AvgIpc) is 2.61. The van der Waals surface area contributed by atoms with E-state index in [0.29, 0.717) is 0 Å². The van der Waals surface area contributed by atoms with Crippen LogP contribution in [0, 0.1) is 0 Å². The van der Waals surface area contributed by atoms with Crippen LogP contribution in [0.4, 0.5) is 5.69 Å². The van der Waals surface area contributed by atoms with E-state index in [4.69, 9.17) is 0 Å². The van der Waals surface area contributed by atoms with Crippen molar-refractivity contribution < 1.29 is 4.79 Å². The van der Waals surface area contributed by atoms with E-state index in [9.17, 15) is 4.79 Å². The fourth-order valence-electron chi connectivity index (χ4n) is 2.41. The summed E-state index contributed by atoms with van der Waals surface area (Å²) < 4.78 is 1.73. The molecule has 0 aromatic heterocycles. The molecule has 1 aliphatic rings. The van der Waals surface area contributed by atoms with Gasteiger partial charge in [-0.2, -0.15) is 0 Å². The maximum Gasteiger partial charge on any atom is 0.243 e. The Morgan fingerprint density at radius 3 is 2.20 bits per heavy atom. The van der Waals surface area contributed by atoms with Crippen LogP contribution in [-0.2, 0) is 4.79 Å². The van der Waals surface area contributed by atoms with Crippen LogP contribution < -0.4 is 3.11 Å². The zero-order valence-electron chi connectivity index (χ0n) is 11.9. The van der Waals surface area contributed by atoms with Gasteiger partial charge < -0.3 is 0 Å². The fourth-order valence-corrected chi connectivity index (χ4v) is 3.25. The largest absolute Gasteiger partial charge is 0.273 e. The zero-order valence-corrected chi connectivity index (χ0v) is 14.1. The van der Waals surface area contributed by atoms with Crippen molar-refractivity contribution in [3.8, 4) is 11.1 Å². The van der Waals surface area contributed by atoms with Crippen LogP contribution in [0.1, 0.15) is 32.3 Å². The molecule has 1 unspecified atom stereocenters. The van der Waals surface area contributed by atoms with E-state index in [0.717, 1.165) is 22.4 Å². The Morgan fingerprint density at radius 2 is 1.50 bits per heavy atom. The van der Waals surface area contributed by atoms with Crippen LogP contribution in [0.5, 0.6) is 0 Å². The van der Waals surface area contributed by atoms with Gasteiger partial charge in [-0.3, -0.25) is 7.91 Å². The first kappa shape index (κ1) is 15.0. The number of nitrogens with zero attached hydrogens (tertiary/aromatic N) is 1. The molecule has 1 heterocycles. The van der Waals surface area contributed by atoms with Crippen LogP contribution in [0.15, 0.2) is 48.5 Å². The second-order valence-corrected chi connectivity index (χ2v) is 5.41. The van der Waals surface area contributed by atoms with Gasteiger partial charge in [0.25, 0.3) is 0 Å². The Kier molecular flexibility index (Phi) is 4.81. The number of fused-ring (bicyclic) bond motifs is 3. The summed E-state index contributed by atoms with van der Waals surface area (Å²) in [4.78, 5) is 12.4. The molecule has 104 valence electrons. The van der Waals surface area contributed by atoms with E-state index in [-0.39, 0.29) is 11.8 Å². The molecule has 0 bridgehead atoms. The van der Waals surface area contributed by atoms with Gasteiger partial charge >= 0.3 is 0 Å². The number of carbonyl (C=O) groups is 1. The maximum absolute atomic E-state index is 12.4. The van der Waals surface area contributed by atoms with E-state index in [1.807, 2.05) is 57.2 Å². The van der Waals surface area contributed by atoms with Crippen LogP contribution in [-0.4, -0.2) is 5.91 Å². The first-order chi connectivity index (χ1) is 9.70. The number of rotatable bonds is 0. The summed E-state index contributed by atoms with van der Waals surface area (Å²) in [5.74, 6) is 0.0264. The molecule has 1 atom stereocenters. The molecule has 1 amide bonds. The van der Waals surface area contributed by atoms with Crippen molar-refractivity contribution in [1.82, 2.24) is 0 Å². The van der Waals surface area contributed by atoms with Crippen LogP contribution in [0.3, 0.4) is 0 Å². The van der Waals surface area contributed by atoms with Gasteiger partial charge in [-0.05, 0) is 24.1 Å². The highest BCUT2D eigenvalue weighted by Crippen LogP contribution is 2.41. The Bertz CT molecular complexity index is 570. The minimum absolute atomic E-state index is 0.106. The van der Waals surface area contributed by atoms with Crippen molar-refractivity contribution in [2.45, 2.75) is 26.7 Å². The molecule has 0 spiro atoms. The lowest BCUT2D eigenvalue weighted by Gasteiger charge is -2.16. The lowest BCUT2D eigenvalue weighted by Crippen LogP contribution is -2.23. The number of hydrogen-bond donors (Lipinski definition) is 0. The fraction of sp³-hybridized carbons (Fsp3) is 0.235. The summed E-state index contributed by atoms with van der Waals surface area (Å²) >= 11 is 2.10. The number of carbonyl (C=O) groups excluding carboxylic acids is 1. The molecule has 0 saturated carbocycles. The summed E-state index contributed by atoms with van der Waals surface area (Å²) in [5.41, 5.74) is 4.36. The van der Waals surface area contributed by atoms with Gasteiger partial charge in [0, 0.05) is 5.56 Å². The Labute approximate surface area is 134 Å². The van der Waals surface area contributed by atoms with Crippen molar-refractivity contribution in [2.75, 3.05) is 3.11 Å². The number of anilines is 1. The second-order valence-electron chi connectivity index (χ2n) is 4.45. The molecule has 0 radical (unpaired) electrons. The molecule has 2 aromatic carbocycles. The summed E-state index contributed by atoms with van der Waals surface area (Å²) in [7, 11) is 0. The normalized spacial score (nSPS) is 16.5. The van der Waals surface area contributed by atoms with Crippen molar-refractivity contribution in [3.63, 3.8) is 0 Å². The van der Waals surface area contributed by atoms with Crippen molar-refractivity contribution in [3.05, 3.63) is 54.1 Å². The van der Waals surface area contributed by atoms with Crippen LogP contribution >= 0.6 is 22.9 Å². The quantitative estimate of drug-likeness (QED) is 0.456. The van der Waals surface area contributed by atoms with Gasteiger partial charge in [-0.25, -0.2) is 0 Å². The molecule has 3 heteroatoms. The Hall–Kier alpha value is -1.36. The lowest BCUT2D eigenvalue weighted by molar-refractivity contribution is -0.118. The summed E-state index contributed by atoms with van der Waals surface area (Å²) in [6.45, 7) is 5.97.